The number of hydrogen-bond donors (Lipinski definition) is 2. The lowest BCUT2D eigenvalue weighted by Crippen LogP contribution is -2.36. The van der Waals surface area contributed by atoms with Crippen molar-refractivity contribution >= 4 is 17.5 Å². The van der Waals surface area contributed by atoms with Gasteiger partial charge in [0.2, 0.25) is 5.91 Å². The van der Waals surface area contributed by atoms with E-state index in [1.165, 1.54) is 6.07 Å². The van der Waals surface area contributed by atoms with Crippen molar-refractivity contribution in [2.75, 3.05) is 13.1 Å². The van der Waals surface area contributed by atoms with Crippen LogP contribution in [0, 0.1) is 5.82 Å². The molecule has 0 bridgehead atoms. The van der Waals surface area contributed by atoms with Gasteiger partial charge in [-0.1, -0.05) is 41.9 Å². The zero-order valence-corrected chi connectivity index (χ0v) is 13.7. The molecule has 0 unspecified atom stereocenters. The van der Waals surface area contributed by atoms with Gasteiger partial charge in [0.25, 0.3) is 0 Å². The monoisotopic (exact) mass is 334 g/mol. The van der Waals surface area contributed by atoms with E-state index in [1.807, 2.05) is 31.2 Å². The van der Waals surface area contributed by atoms with Crippen LogP contribution in [0.4, 0.5) is 4.39 Å². The molecule has 0 radical (unpaired) electrons. The Morgan fingerprint density at radius 1 is 1.22 bits per heavy atom. The Balaban J connectivity index is 1.72. The minimum absolute atomic E-state index is 0.0195. The predicted molar refractivity (Wildman–Crippen MR) is 91.0 cm³/mol. The third-order valence-corrected chi connectivity index (χ3v) is 3.83. The summed E-state index contributed by atoms with van der Waals surface area (Å²) >= 11 is 5.95. The van der Waals surface area contributed by atoms with Gasteiger partial charge in [0.15, 0.2) is 0 Å². The number of hydrogen-bond acceptors (Lipinski definition) is 2. The molecule has 122 valence electrons. The number of benzene rings is 2. The van der Waals surface area contributed by atoms with Crippen molar-refractivity contribution in [2.24, 2.45) is 0 Å². The maximum absolute atomic E-state index is 13.5. The van der Waals surface area contributed by atoms with Crippen molar-refractivity contribution < 1.29 is 9.18 Å². The summed E-state index contributed by atoms with van der Waals surface area (Å²) in [7, 11) is 0. The van der Waals surface area contributed by atoms with E-state index in [1.54, 1.807) is 18.2 Å². The van der Waals surface area contributed by atoms with Crippen LogP contribution in [0.3, 0.4) is 0 Å². The molecule has 2 aromatic carbocycles. The van der Waals surface area contributed by atoms with Crippen molar-refractivity contribution in [1.82, 2.24) is 10.6 Å². The van der Waals surface area contributed by atoms with Crippen LogP contribution < -0.4 is 10.6 Å². The van der Waals surface area contributed by atoms with Crippen molar-refractivity contribution in [3.05, 3.63) is 70.5 Å². The summed E-state index contributed by atoms with van der Waals surface area (Å²) in [5.74, 6) is -0.357. The molecule has 2 N–H and O–H groups in total. The molecule has 1 amide bonds. The van der Waals surface area contributed by atoms with Gasteiger partial charge < -0.3 is 10.6 Å². The largest absolute Gasteiger partial charge is 0.355 e. The van der Waals surface area contributed by atoms with Crippen LogP contribution in [0.2, 0.25) is 5.02 Å². The minimum Gasteiger partial charge on any atom is -0.355 e. The number of amides is 1. The lowest BCUT2D eigenvalue weighted by atomic mass is 10.1. The smallest absolute Gasteiger partial charge is 0.233 e. The van der Waals surface area contributed by atoms with Gasteiger partial charge in [0.05, 0.1) is 6.54 Å². The highest BCUT2D eigenvalue weighted by atomic mass is 35.5. The first-order chi connectivity index (χ1) is 11.1. The van der Waals surface area contributed by atoms with Crippen molar-refractivity contribution in [3.63, 3.8) is 0 Å². The third kappa shape index (κ3) is 5.66. The molecule has 2 rings (SSSR count). The lowest BCUT2D eigenvalue weighted by Gasteiger charge is -2.14. The second kappa shape index (κ2) is 8.65. The zero-order chi connectivity index (χ0) is 16.7. The molecule has 0 aliphatic carbocycles. The van der Waals surface area contributed by atoms with Crippen LogP contribution in [0.25, 0.3) is 0 Å². The number of rotatable bonds is 7. The van der Waals surface area contributed by atoms with E-state index in [0.717, 1.165) is 5.56 Å². The molecular weight excluding hydrogens is 315 g/mol. The Morgan fingerprint density at radius 2 is 2.00 bits per heavy atom. The Kier molecular flexibility index (Phi) is 6.56. The van der Waals surface area contributed by atoms with Gasteiger partial charge in [-0.2, -0.15) is 0 Å². The quantitative estimate of drug-likeness (QED) is 0.813. The van der Waals surface area contributed by atoms with Gasteiger partial charge in [-0.3, -0.25) is 4.79 Å². The van der Waals surface area contributed by atoms with E-state index in [2.05, 4.69) is 10.6 Å². The van der Waals surface area contributed by atoms with Gasteiger partial charge >= 0.3 is 0 Å². The standard InChI is InChI=1S/C18H20ClFN2O/c1-13(15-6-4-7-16(19)11-15)22-12-18(23)21-10-9-14-5-2-3-8-17(14)20/h2-8,11,13,22H,9-10,12H2,1H3,(H,21,23)/t13-/m0/s1. The van der Waals surface area contributed by atoms with Crippen molar-refractivity contribution in [1.29, 1.82) is 0 Å². The average Bonchev–Trinajstić information content (AvgIpc) is 2.54. The van der Waals surface area contributed by atoms with E-state index in [9.17, 15) is 9.18 Å². The molecule has 0 aliphatic rings. The molecule has 1 atom stereocenters. The van der Waals surface area contributed by atoms with Crippen LogP contribution in [0.5, 0.6) is 0 Å². The van der Waals surface area contributed by atoms with Crippen LogP contribution in [0.1, 0.15) is 24.1 Å². The molecule has 5 heteroatoms. The van der Waals surface area contributed by atoms with E-state index < -0.39 is 0 Å². The molecule has 2 aromatic rings. The maximum atomic E-state index is 13.5. The van der Waals surface area contributed by atoms with Crippen LogP contribution in [-0.2, 0) is 11.2 Å². The third-order valence-electron chi connectivity index (χ3n) is 3.59. The van der Waals surface area contributed by atoms with Gasteiger partial charge in [-0.15, -0.1) is 0 Å². The highest BCUT2D eigenvalue weighted by molar-refractivity contribution is 6.30. The molecule has 23 heavy (non-hydrogen) atoms. The lowest BCUT2D eigenvalue weighted by molar-refractivity contribution is -0.120. The Morgan fingerprint density at radius 3 is 2.74 bits per heavy atom. The summed E-state index contributed by atoms with van der Waals surface area (Å²) in [5, 5.41) is 6.60. The van der Waals surface area contributed by atoms with Crippen LogP contribution in [0.15, 0.2) is 48.5 Å². The van der Waals surface area contributed by atoms with E-state index in [4.69, 9.17) is 11.6 Å². The van der Waals surface area contributed by atoms with Gasteiger partial charge in [-0.05, 0) is 42.7 Å². The number of nitrogens with one attached hydrogen (secondary N) is 2. The second-order valence-corrected chi connectivity index (χ2v) is 5.79. The SMILES string of the molecule is C[C@H](NCC(=O)NCCc1ccccc1F)c1cccc(Cl)c1. The summed E-state index contributed by atoms with van der Waals surface area (Å²) in [5.41, 5.74) is 1.63. The van der Waals surface area contributed by atoms with Gasteiger partial charge in [-0.25, -0.2) is 4.39 Å². The topological polar surface area (TPSA) is 41.1 Å². The fourth-order valence-electron chi connectivity index (χ4n) is 2.24. The number of carbonyl (C=O) groups is 1. The predicted octanol–water partition coefficient (Wildman–Crippen LogP) is 3.49. The molecule has 0 aromatic heterocycles. The number of halogens is 2. The normalized spacial score (nSPS) is 12.0. The summed E-state index contributed by atoms with van der Waals surface area (Å²) in [4.78, 5) is 11.8. The summed E-state index contributed by atoms with van der Waals surface area (Å²) in [6, 6.07) is 14.1. The first-order valence-corrected chi connectivity index (χ1v) is 7.93. The molecule has 0 heterocycles. The number of carbonyl (C=O) groups excluding carboxylic acids is 1. The summed E-state index contributed by atoms with van der Waals surface area (Å²) in [6.45, 7) is 2.58. The molecular formula is C18H20ClFN2O. The van der Waals surface area contributed by atoms with Gasteiger partial charge in [0, 0.05) is 17.6 Å². The molecule has 0 spiro atoms. The molecule has 0 saturated heterocycles. The van der Waals surface area contributed by atoms with E-state index in [0.29, 0.717) is 23.6 Å². The van der Waals surface area contributed by atoms with Crippen LogP contribution in [-0.4, -0.2) is 19.0 Å². The van der Waals surface area contributed by atoms with E-state index in [-0.39, 0.29) is 24.3 Å². The summed E-state index contributed by atoms with van der Waals surface area (Å²) in [6.07, 6.45) is 0.474. The Bertz CT molecular complexity index is 663. The van der Waals surface area contributed by atoms with E-state index >= 15 is 0 Å². The fourth-order valence-corrected chi connectivity index (χ4v) is 2.44. The highest BCUT2D eigenvalue weighted by Gasteiger charge is 2.08. The fraction of sp³-hybridized carbons (Fsp3) is 0.278. The summed E-state index contributed by atoms with van der Waals surface area (Å²) < 4.78 is 13.5. The second-order valence-electron chi connectivity index (χ2n) is 5.35. The Labute approximate surface area is 140 Å². The molecule has 0 saturated carbocycles. The zero-order valence-electron chi connectivity index (χ0n) is 13.0. The van der Waals surface area contributed by atoms with Crippen molar-refractivity contribution in [3.8, 4) is 0 Å². The highest BCUT2D eigenvalue weighted by Crippen LogP contribution is 2.16. The first kappa shape index (κ1) is 17.4. The minimum atomic E-state index is -0.241. The maximum Gasteiger partial charge on any atom is 0.233 e. The molecule has 3 nitrogen and oxygen atoms in total. The molecule has 0 aliphatic heterocycles. The van der Waals surface area contributed by atoms with Crippen LogP contribution >= 0.6 is 11.6 Å². The van der Waals surface area contributed by atoms with Crippen molar-refractivity contribution in [2.45, 2.75) is 19.4 Å². The molecule has 0 fully saturated rings. The first-order valence-electron chi connectivity index (χ1n) is 7.55. The van der Waals surface area contributed by atoms with Gasteiger partial charge in [0.1, 0.15) is 5.82 Å². The Hall–Kier alpha value is -1.91. The average molecular weight is 335 g/mol.